The van der Waals surface area contributed by atoms with Crippen LogP contribution in [0, 0.1) is 20.8 Å². The number of carbonyl (C=O) groups is 1. The number of nitrogens with one attached hydrogen (secondary N) is 1. The number of methoxy groups -OCH3 is 2. The van der Waals surface area contributed by atoms with Crippen molar-refractivity contribution in [3.05, 3.63) is 58.3 Å². The third-order valence-corrected chi connectivity index (χ3v) is 4.59. The van der Waals surface area contributed by atoms with Crippen molar-refractivity contribution >= 4 is 16.9 Å². The van der Waals surface area contributed by atoms with Crippen molar-refractivity contribution in [2.75, 3.05) is 14.2 Å². The maximum absolute atomic E-state index is 12.6. The Morgan fingerprint density at radius 3 is 2.35 bits per heavy atom. The van der Waals surface area contributed by atoms with Gasteiger partial charge in [-0.25, -0.2) is 0 Å². The van der Waals surface area contributed by atoms with Gasteiger partial charge in [0.1, 0.15) is 5.58 Å². The second-order valence-electron chi connectivity index (χ2n) is 6.33. The maximum Gasteiger partial charge on any atom is 0.287 e. The lowest BCUT2D eigenvalue weighted by atomic mass is 10.0. The lowest BCUT2D eigenvalue weighted by molar-refractivity contribution is 0.0924. The van der Waals surface area contributed by atoms with Crippen molar-refractivity contribution in [2.24, 2.45) is 0 Å². The molecule has 0 saturated carbocycles. The molecule has 1 N–H and O–H groups in total. The third kappa shape index (κ3) is 3.12. The molecule has 0 radical (unpaired) electrons. The molecule has 3 aromatic rings. The quantitative estimate of drug-likeness (QED) is 0.743. The summed E-state index contributed by atoms with van der Waals surface area (Å²) >= 11 is 0. The lowest BCUT2D eigenvalue weighted by Crippen LogP contribution is -2.23. The molecule has 26 heavy (non-hydrogen) atoms. The van der Waals surface area contributed by atoms with Crippen LogP contribution in [0.15, 0.2) is 34.7 Å². The second kappa shape index (κ2) is 7.12. The van der Waals surface area contributed by atoms with Crippen LogP contribution in [0.4, 0.5) is 0 Å². The first-order chi connectivity index (χ1) is 12.5. The molecule has 0 atom stereocenters. The molecular formula is C21H23NO4. The molecule has 2 aromatic carbocycles. The molecule has 1 aromatic heterocycles. The first-order valence-electron chi connectivity index (χ1n) is 8.44. The Hall–Kier alpha value is -2.95. The Morgan fingerprint density at radius 1 is 1.00 bits per heavy atom. The molecule has 0 unspecified atom stereocenters. The van der Waals surface area contributed by atoms with Gasteiger partial charge in [0.25, 0.3) is 5.91 Å². The normalized spacial score (nSPS) is 10.8. The number of rotatable bonds is 5. The highest BCUT2D eigenvalue weighted by Gasteiger charge is 2.19. The van der Waals surface area contributed by atoms with Crippen molar-refractivity contribution in [2.45, 2.75) is 27.3 Å². The molecule has 0 spiro atoms. The molecule has 136 valence electrons. The molecule has 0 saturated heterocycles. The summed E-state index contributed by atoms with van der Waals surface area (Å²) in [6.45, 7) is 6.29. The van der Waals surface area contributed by atoms with E-state index >= 15 is 0 Å². The van der Waals surface area contributed by atoms with Gasteiger partial charge in [0.05, 0.1) is 14.2 Å². The van der Waals surface area contributed by atoms with Gasteiger partial charge in [0.2, 0.25) is 0 Å². The molecule has 5 nitrogen and oxygen atoms in total. The Labute approximate surface area is 152 Å². The van der Waals surface area contributed by atoms with E-state index in [2.05, 4.69) is 5.32 Å². The van der Waals surface area contributed by atoms with Gasteiger partial charge >= 0.3 is 0 Å². The van der Waals surface area contributed by atoms with E-state index in [1.54, 1.807) is 14.2 Å². The van der Waals surface area contributed by atoms with E-state index in [1.807, 2.05) is 51.1 Å². The summed E-state index contributed by atoms with van der Waals surface area (Å²) in [6, 6.07) is 9.61. The number of amides is 1. The zero-order chi connectivity index (χ0) is 18.8. The minimum atomic E-state index is -0.229. The van der Waals surface area contributed by atoms with Crippen LogP contribution in [0.1, 0.15) is 32.8 Å². The number of furan rings is 1. The summed E-state index contributed by atoms with van der Waals surface area (Å²) in [6.07, 6.45) is 0. The summed E-state index contributed by atoms with van der Waals surface area (Å²) in [5.41, 5.74) is 4.68. The van der Waals surface area contributed by atoms with Crippen LogP contribution >= 0.6 is 0 Å². The van der Waals surface area contributed by atoms with Crippen molar-refractivity contribution in [1.29, 1.82) is 0 Å². The van der Waals surface area contributed by atoms with Crippen molar-refractivity contribution in [1.82, 2.24) is 5.32 Å². The first-order valence-corrected chi connectivity index (χ1v) is 8.44. The van der Waals surface area contributed by atoms with Crippen molar-refractivity contribution < 1.29 is 18.7 Å². The summed E-state index contributed by atoms with van der Waals surface area (Å²) in [7, 11) is 3.18. The highest BCUT2D eigenvalue weighted by Crippen LogP contribution is 2.31. The first kappa shape index (κ1) is 17.9. The second-order valence-corrected chi connectivity index (χ2v) is 6.33. The van der Waals surface area contributed by atoms with Gasteiger partial charge in [-0.1, -0.05) is 18.2 Å². The maximum atomic E-state index is 12.6. The topological polar surface area (TPSA) is 60.7 Å². The molecule has 0 fully saturated rings. The van der Waals surface area contributed by atoms with E-state index in [0.29, 0.717) is 23.8 Å². The van der Waals surface area contributed by atoms with E-state index in [9.17, 15) is 4.79 Å². The lowest BCUT2D eigenvalue weighted by Gasteiger charge is -2.10. The molecule has 0 aliphatic heterocycles. The fraction of sp³-hybridized carbons (Fsp3) is 0.286. The van der Waals surface area contributed by atoms with Crippen LogP contribution in [0.3, 0.4) is 0 Å². The predicted octanol–water partition coefficient (Wildman–Crippen LogP) is 4.31. The smallest absolute Gasteiger partial charge is 0.287 e. The minimum Gasteiger partial charge on any atom is -0.493 e. The van der Waals surface area contributed by atoms with E-state index in [1.165, 1.54) is 0 Å². The Balaban J connectivity index is 1.83. The van der Waals surface area contributed by atoms with Crippen LogP contribution in [0.5, 0.6) is 11.5 Å². The summed E-state index contributed by atoms with van der Waals surface area (Å²) in [5.74, 6) is 1.41. The van der Waals surface area contributed by atoms with Crippen molar-refractivity contribution in [3.63, 3.8) is 0 Å². The fourth-order valence-corrected chi connectivity index (χ4v) is 3.14. The number of hydrogen-bond donors (Lipinski definition) is 1. The monoisotopic (exact) mass is 353 g/mol. The number of fused-ring (bicyclic) bond motifs is 1. The van der Waals surface area contributed by atoms with Crippen molar-refractivity contribution in [3.8, 4) is 11.5 Å². The number of benzene rings is 2. The number of aryl methyl sites for hydroxylation is 3. The van der Waals surface area contributed by atoms with E-state index in [4.69, 9.17) is 13.9 Å². The molecule has 5 heteroatoms. The number of ether oxygens (including phenoxy) is 2. The van der Waals surface area contributed by atoms with Gasteiger partial charge in [-0.15, -0.1) is 0 Å². The SMILES string of the molecule is COc1ccc(CNC(=O)c2oc3c(C)ccc(C)c3c2C)cc1OC. The summed E-state index contributed by atoms with van der Waals surface area (Å²) in [4.78, 5) is 12.6. The van der Waals surface area contributed by atoms with Gasteiger partial charge in [0, 0.05) is 17.5 Å². The highest BCUT2D eigenvalue weighted by molar-refractivity contribution is 6.00. The Kier molecular flexibility index (Phi) is 4.89. The Bertz CT molecular complexity index is 972. The molecule has 0 aliphatic rings. The van der Waals surface area contributed by atoms with Gasteiger partial charge in [-0.2, -0.15) is 0 Å². The zero-order valence-electron chi connectivity index (χ0n) is 15.7. The predicted molar refractivity (Wildman–Crippen MR) is 101 cm³/mol. The van der Waals surface area contributed by atoms with Crippen LogP contribution in [-0.4, -0.2) is 20.1 Å². The van der Waals surface area contributed by atoms with Gasteiger partial charge < -0.3 is 19.2 Å². The summed E-state index contributed by atoms with van der Waals surface area (Å²) in [5, 5.41) is 3.93. The van der Waals surface area contributed by atoms with Crippen LogP contribution < -0.4 is 14.8 Å². The fourth-order valence-electron chi connectivity index (χ4n) is 3.14. The van der Waals surface area contributed by atoms with E-state index in [0.717, 1.165) is 33.2 Å². The molecule has 0 aliphatic carbocycles. The van der Waals surface area contributed by atoms with E-state index < -0.39 is 0 Å². The minimum absolute atomic E-state index is 0.229. The molecular weight excluding hydrogens is 330 g/mol. The molecule has 1 heterocycles. The van der Waals surface area contributed by atoms with Crippen LogP contribution in [-0.2, 0) is 6.54 Å². The number of carbonyl (C=O) groups excluding carboxylic acids is 1. The average molecular weight is 353 g/mol. The molecule has 0 bridgehead atoms. The van der Waals surface area contributed by atoms with Gasteiger partial charge in [0.15, 0.2) is 17.3 Å². The third-order valence-electron chi connectivity index (χ3n) is 4.59. The largest absolute Gasteiger partial charge is 0.493 e. The molecule has 3 rings (SSSR count). The Morgan fingerprint density at radius 2 is 1.69 bits per heavy atom. The zero-order valence-corrected chi connectivity index (χ0v) is 15.7. The van der Waals surface area contributed by atoms with Gasteiger partial charge in [-0.05, 0) is 49.6 Å². The molecule has 1 amide bonds. The standard InChI is InChI=1S/C21H23NO4/c1-12-6-7-13(2)19-18(12)14(3)20(26-19)21(23)22-11-15-8-9-16(24-4)17(10-15)25-5/h6-10H,11H2,1-5H3,(H,22,23). The van der Waals surface area contributed by atoms with Gasteiger partial charge in [-0.3, -0.25) is 4.79 Å². The van der Waals surface area contributed by atoms with Crippen LogP contribution in [0.2, 0.25) is 0 Å². The highest BCUT2D eigenvalue weighted by atomic mass is 16.5. The number of hydrogen-bond acceptors (Lipinski definition) is 4. The average Bonchev–Trinajstić information content (AvgIpc) is 3.01. The van der Waals surface area contributed by atoms with Crippen LogP contribution in [0.25, 0.3) is 11.0 Å². The summed E-state index contributed by atoms with van der Waals surface area (Å²) < 4.78 is 16.4. The van der Waals surface area contributed by atoms with E-state index in [-0.39, 0.29) is 5.91 Å².